The molecule has 1 aliphatic heterocycles. The average molecular weight is 282 g/mol. The lowest BCUT2D eigenvalue weighted by Gasteiger charge is -2.08. The summed E-state index contributed by atoms with van der Waals surface area (Å²) < 4.78 is 1.72. The molecular weight excluding hydrogens is 265 g/mol. The third-order valence-corrected chi connectivity index (χ3v) is 2.57. The largest absolute Gasteiger partial charge is 0.354 e. The average Bonchev–Trinajstić information content (AvgIpc) is 2.88. The maximum Gasteiger partial charge on any atom is 0.273 e. The van der Waals surface area contributed by atoms with E-state index in [1.54, 1.807) is 17.9 Å². The van der Waals surface area contributed by atoms with Gasteiger partial charge in [-0.3, -0.25) is 9.48 Å². The molecule has 1 amide bonds. The van der Waals surface area contributed by atoms with E-state index in [-0.39, 0.29) is 30.7 Å². The molecule has 8 heteroatoms. The van der Waals surface area contributed by atoms with Gasteiger partial charge in [-0.25, -0.2) is 0 Å². The van der Waals surface area contributed by atoms with Crippen LogP contribution < -0.4 is 10.6 Å². The number of nitrogens with zero attached hydrogens (tertiary/aromatic N) is 3. The van der Waals surface area contributed by atoms with Crippen LogP contribution in [0.25, 0.3) is 0 Å². The van der Waals surface area contributed by atoms with Crippen LogP contribution >= 0.6 is 24.8 Å². The zero-order chi connectivity index (χ0) is 10.7. The third-order valence-electron chi connectivity index (χ3n) is 2.57. The number of hydrogen-bond donors (Lipinski definition) is 2. The monoisotopic (exact) mass is 281 g/mol. The van der Waals surface area contributed by atoms with Crippen LogP contribution in [0, 0.1) is 0 Å². The van der Waals surface area contributed by atoms with E-state index in [1.165, 1.54) is 6.42 Å². The second-order valence-electron chi connectivity index (χ2n) is 3.70. The first-order chi connectivity index (χ1) is 7.29. The van der Waals surface area contributed by atoms with Crippen LogP contribution in [0.1, 0.15) is 23.3 Å². The maximum atomic E-state index is 11.2. The fourth-order valence-corrected chi connectivity index (χ4v) is 1.76. The smallest absolute Gasteiger partial charge is 0.273 e. The van der Waals surface area contributed by atoms with E-state index in [1.807, 2.05) is 0 Å². The Morgan fingerprint density at radius 1 is 1.65 bits per heavy atom. The second-order valence-corrected chi connectivity index (χ2v) is 3.70. The van der Waals surface area contributed by atoms with E-state index in [4.69, 9.17) is 0 Å². The normalized spacial score (nSPS) is 18.1. The summed E-state index contributed by atoms with van der Waals surface area (Å²) in [5, 5.41) is 13.6. The van der Waals surface area contributed by atoms with Crippen molar-refractivity contribution in [3.63, 3.8) is 0 Å². The lowest BCUT2D eigenvalue weighted by molar-refractivity contribution is 0.0958. The predicted molar refractivity (Wildman–Crippen MR) is 68.9 cm³/mol. The molecule has 1 saturated heterocycles. The minimum absolute atomic E-state index is 0. The van der Waals surface area contributed by atoms with Gasteiger partial charge >= 0.3 is 0 Å². The summed E-state index contributed by atoms with van der Waals surface area (Å²) >= 11 is 0. The fourth-order valence-electron chi connectivity index (χ4n) is 1.76. The summed E-state index contributed by atoms with van der Waals surface area (Å²) in [5.74, 6) is -0.194. The Labute approximate surface area is 112 Å². The molecule has 2 rings (SSSR count). The van der Waals surface area contributed by atoms with Gasteiger partial charge in [-0.2, -0.15) is 0 Å². The number of amides is 1. The zero-order valence-corrected chi connectivity index (χ0v) is 11.2. The number of aromatic nitrogens is 3. The lowest BCUT2D eigenvalue weighted by Crippen LogP contribution is -2.27. The molecule has 2 heterocycles. The van der Waals surface area contributed by atoms with Gasteiger partial charge in [0.2, 0.25) is 0 Å². The number of carbonyl (C=O) groups excluding carboxylic acids is 1. The summed E-state index contributed by atoms with van der Waals surface area (Å²) in [6.45, 7) is 1.85. The second kappa shape index (κ2) is 7.47. The minimum atomic E-state index is -0.194. The molecule has 17 heavy (non-hydrogen) atoms. The standard InChI is InChI=1S/C9H15N5O.2ClH/c1-10-9(15)8-6-14(13-12-8)5-7-3-2-4-11-7;;/h6-7,11H,2-5H2,1H3,(H,10,15);2*1H. The predicted octanol–water partition coefficient (Wildman–Crippen LogP) is 0.233. The first kappa shape index (κ1) is 16.1. The SMILES string of the molecule is CNC(=O)c1cn(CC2CCCN2)nn1.Cl.Cl. The molecule has 0 aliphatic carbocycles. The van der Waals surface area contributed by atoms with Crippen molar-refractivity contribution in [3.8, 4) is 0 Å². The van der Waals surface area contributed by atoms with E-state index in [2.05, 4.69) is 20.9 Å². The van der Waals surface area contributed by atoms with Gasteiger partial charge in [0.1, 0.15) is 0 Å². The quantitative estimate of drug-likeness (QED) is 0.832. The van der Waals surface area contributed by atoms with Gasteiger partial charge in [-0.15, -0.1) is 29.9 Å². The molecule has 98 valence electrons. The first-order valence-electron chi connectivity index (χ1n) is 5.15. The van der Waals surface area contributed by atoms with Crippen molar-refractivity contribution in [1.29, 1.82) is 0 Å². The van der Waals surface area contributed by atoms with Gasteiger partial charge in [-0.1, -0.05) is 5.21 Å². The van der Waals surface area contributed by atoms with Crippen LogP contribution in [0.4, 0.5) is 0 Å². The van der Waals surface area contributed by atoms with E-state index < -0.39 is 0 Å². The molecule has 0 saturated carbocycles. The summed E-state index contributed by atoms with van der Waals surface area (Å²) in [6.07, 6.45) is 4.05. The van der Waals surface area contributed by atoms with Crippen molar-refractivity contribution in [2.75, 3.05) is 13.6 Å². The van der Waals surface area contributed by atoms with Crippen LogP contribution in [0.3, 0.4) is 0 Å². The third kappa shape index (κ3) is 4.14. The van der Waals surface area contributed by atoms with Crippen molar-refractivity contribution < 1.29 is 4.79 Å². The van der Waals surface area contributed by atoms with Gasteiger partial charge in [0, 0.05) is 13.1 Å². The van der Waals surface area contributed by atoms with E-state index >= 15 is 0 Å². The van der Waals surface area contributed by atoms with Gasteiger partial charge in [0.15, 0.2) is 5.69 Å². The molecule has 1 aliphatic rings. The first-order valence-corrected chi connectivity index (χ1v) is 5.15. The topological polar surface area (TPSA) is 71.8 Å². The van der Waals surface area contributed by atoms with Crippen LogP contribution in [0.15, 0.2) is 6.20 Å². The van der Waals surface area contributed by atoms with E-state index in [0.29, 0.717) is 11.7 Å². The highest BCUT2D eigenvalue weighted by atomic mass is 35.5. The summed E-state index contributed by atoms with van der Waals surface area (Å²) in [7, 11) is 1.58. The molecule has 1 unspecified atom stereocenters. The molecule has 0 aromatic carbocycles. The molecule has 0 spiro atoms. The number of halogens is 2. The van der Waals surface area contributed by atoms with Crippen LogP contribution in [-0.2, 0) is 6.54 Å². The maximum absolute atomic E-state index is 11.2. The molecule has 6 nitrogen and oxygen atoms in total. The highest BCUT2D eigenvalue weighted by Gasteiger charge is 2.16. The Balaban J connectivity index is 0.00000128. The van der Waals surface area contributed by atoms with Crippen molar-refractivity contribution in [2.45, 2.75) is 25.4 Å². The van der Waals surface area contributed by atoms with Gasteiger partial charge in [-0.05, 0) is 19.4 Å². The molecule has 1 aromatic rings. The molecular formula is C9H17Cl2N5O. The van der Waals surface area contributed by atoms with Crippen molar-refractivity contribution in [3.05, 3.63) is 11.9 Å². The van der Waals surface area contributed by atoms with Crippen LogP contribution in [0.2, 0.25) is 0 Å². The van der Waals surface area contributed by atoms with Crippen molar-refractivity contribution in [2.24, 2.45) is 0 Å². The Bertz CT molecular complexity index is 351. The Morgan fingerprint density at radius 3 is 3.00 bits per heavy atom. The Kier molecular flexibility index (Phi) is 7.10. The molecule has 1 atom stereocenters. The highest BCUT2D eigenvalue weighted by molar-refractivity contribution is 5.91. The molecule has 1 aromatic heterocycles. The van der Waals surface area contributed by atoms with Crippen LogP contribution in [0.5, 0.6) is 0 Å². The fraction of sp³-hybridized carbons (Fsp3) is 0.667. The molecule has 0 radical (unpaired) electrons. The molecule has 0 bridgehead atoms. The summed E-state index contributed by atoms with van der Waals surface area (Å²) in [5.41, 5.74) is 0.371. The lowest BCUT2D eigenvalue weighted by atomic mass is 10.2. The summed E-state index contributed by atoms with van der Waals surface area (Å²) in [6, 6.07) is 0.462. The number of rotatable bonds is 3. The van der Waals surface area contributed by atoms with Crippen LogP contribution in [-0.4, -0.2) is 40.5 Å². The number of nitrogens with one attached hydrogen (secondary N) is 2. The molecule has 1 fully saturated rings. The van der Waals surface area contributed by atoms with Gasteiger partial charge < -0.3 is 10.6 Å². The van der Waals surface area contributed by atoms with Crippen molar-refractivity contribution in [1.82, 2.24) is 25.6 Å². The Hall–Kier alpha value is -0.850. The summed E-state index contributed by atoms with van der Waals surface area (Å²) in [4.78, 5) is 11.2. The number of hydrogen-bond acceptors (Lipinski definition) is 4. The zero-order valence-electron chi connectivity index (χ0n) is 9.55. The number of carbonyl (C=O) groups is 1. The van der Waals surface area contributed by atoms with Gasteiger partial charge in [0.05, 0.1) is 12.7 Å². The highest BCUT2D eigenvalue weighted by Crippen LogP contribution is 2.06. The van der Waals surface area contributed by atoms with E-state index in [0.717, 1.165) is 19.5 Å². The Morgan fingerprint density at radius 2 is 2.41 bits per heavy atom. The molecule has 2 N–H and O–H groups in total. The minimum Gasteiger partial charge on any atom is -0.354 e. The van der Waals surface area contributed by atoms with Crippen molar-refractivity contribution >= 4 is 30.7 Å². The van der Waals surface area contributed by atoms with E-state index in [9.17, 15) is 4.79 Å². The van der Waals surface area contributed by atoms with Gasteiger partial charge in [0.25, 0.3) is 5.91 Å².